The molecule has 0 aliphatic carbocycles. The van der Waals surface area contributed by atoms with Gasteiger partial charge in [0.05, 0.1) is 5.52 Å². The maximum Gasteiger partial charge on any atom is 0.137 e. The lowest BCUT2D eigenvalue weighted by Crippen LogP contribution is -2.29. The minimum atomic E-state index is 0.453. The van der Waals surface area contributed by atoms with E-state index in [-0.39, 0.29) is 0 Å². The van der Waals surface area contributed by atoms with E-state index in [1.54, 1.807) is 0 Å². The Morgan fingerprint density at radius 1 is 1.47 bits per heavy atom. The number of halogens is 2. The SMILES string of the molecule is C=c1c(Cl)nc2cc(Br)ccc2/c1=C/NCCCC. The molecule has 1 aromatic carbocycles. The van der Waals surface area contributed by atoms with Crippen LogP contribution in [0.1, 0.15) is 19.8 Å². The van der Waals surface area contributed by atoms with Crippen molar-refractivity contribution in [3.05, 3.63) is 38.3 Å². The zero-order valence-corrected chi connectivity index (χ0v) is 13.2. The highest BCUT2D eigenvalue weighted by molar-refractivity contribution is 9.10. The summed E-state index contributed by atoms with van der Waals surface area (Å²) in [4.78, 5) is 4.37. The first-order chi connectivity index (χ1) is 9.13. The number of pyridine rings is 1. The largest absolute Gasteiger partial charge is 0.390 e. The molecule has 1 aromatic heterocycles. The van der Waals surface area contributed by atoms with Crippen LogP contribution in [-0.2, 0) is 0 Å². The maximum absolute atomic E-state index is 6.15. The first-order valence-corrected chi connectivity index (χ1v) is 7.48. The molecule has 0 unspecified atom stereocenters. The monoisotopic (exact) mass is 338 g/mol. The van der Waals surface area contributed by atoms with E-state index in [1.165, 1.54) is 6.42 Å². The van der Waals surface area contributed by atoms with Crippen LogP contribution >= 0.6 is 27.5 Å². The number of hydrogen-bond acceptors (Lipinski definition) is 2. The lowest BCUT2D eigenvalue weighted by atomic mass is 10.1. The van der Waals surface area contributed by atoms with Crippen molar-refractivity contribution < 1.29 is 0 Å². The highest BCUT2D eigenvalue weighted by Crippen LogP contribution is 2.15. The number of unbranched alkanes of at least 4 members (excludes halogenated alkanes) is 1. The molecule has 100 valence electrons. The Labute approximate surface area is 126 Å². The highest BCUT2D eigenvalue weighted by atomic mass is 79.9. The fraction of sp³-hybridized carbons (Fsp3) is 0.267. The zero-order chi connectivity index (χ0) is 13.8. The molecule has 0 aliphatic heterocycles. The average molecular weight is 340 g/mol. The Bertz CT molecular complexity index is 697. The number of benzene rings is 1. The molecule has 4 heteroatoms. The number of nitrogens with zero attached hydrogens (tertiary/aromatic N) is 1. The van der Waals surface area contributed by atoms with Crippen molar-refractivity contribution in [1.82, 2.24) is 10.3 Å². The van der Waals surface area contributed by atoms with Crippen LogP contribution in [0.2, 0.25) is 5.15 Å². The van der Waals surface area contributed by atoms with Crippen LogP contribution in [0.5, 0.6) is 0 Å². The van der Waals surface area contributed by atoms with Gasteiger partial charge in [0.2, 0.25) is 0 Å². The quantitative estimate of drug-likeness (QED) is 0.683. The first kappa shape index (κ1) is 14.4. The van der Waals surface area contributed by atoms with Gasteiger partial charge in [-0.25, -0.2) is 4.98 Å². The van der Waals surface area contributed by atoms with E-state index in [4.69, 9.17) is 11.6 Å². The Kier molecular flexibility index (Phi) is 4.83. The summed E-state index contributed by atoms with van der Waals surface area (Å²) in [5.41, 5.74) is 0.871. The molecule has 19 heavy (non-hydrogen) atoms. The van der Waals surface area contributed by atoms with E-state index in [1.807, 2.05) is 24.4 Å². The molecule has 2 rings (SSSR count). The van der Waals surface area contributed by atoms with Gasteiger partial charge in [-0.15, -0.1) is 0 Å². The molecule has 2 aromatic rings. The number of fused-ring (bicyclic) bond motifs is 1. The molecule has 0 bridgehead atoms. The summed E-state index contributed by atoms with van der Waals surface area (Å²) in [7, 11) is 0. The summed E-state index contributed by atoms with van der Waals surface area (Å²) in [6, 6.07) is 6.00. The third-order valence-corrected chi connectivity index (χ3v) is 3.77. The zero-order valence-electron chi connectivity index (χ0n) is 10.8. The second-order valence-corrected chi connectivity index (χ2v) is 5.68. The Hall–Kier alpha value is -1.06. The van der Waals surface area contributed by atoms with Gasteiger partial charge in [0.15, 0.2) is 0 Å². The summed E-state index contributed by atoms with van der Waals surface area (Å²) in [5.74, 6) is 0. The van der Waals surface area contributed by atoms with Crippen LogP contribution < -0.4 is 15.8 Å². The van der Waals surface area contributed by atoms with E-state index in [0.717, 1.165) is 38.8 Å². The summed E-state index contributed by atoms with van der Waals surface area (Å²) in [6.07, 6.45) is 4.30. The topological polar surface area (TPSA) is 24.9 Å². The normalized spacial score (nSPS) is 12.1. The van der Waals surface area contributed by atoms with Gasteiger partial charge in [0.25, 0.3) is 0 Å². The molecule has 0 fully saturated rings. The van der Waals surface area contributed by atoms with Gasteiger partial charge in [-0.05, 0) is 18.6 Å². The van der Waals surface area contributed by atoms with Gasteiger partial charge in [0, 0.05) is 33.0 Å². The van der Waals surface area contributed by atoms with E-state index >= 15 is 0 Å². The van der Waals surface area contributed by atoms with Crippen LogP contribution in [0.3, 0.4) is 0 Å². The van der Waals surface area contributed by atoms with E-state index in [9.17, 15) is 0 Å². The maximum atomic E-state index is 6.15. The second kappa shape index (κ2) is 6.40. The minimum Gasteiger partial charge on any atom is -0.390 e. The van der Waals surface area contributed by atoms with Gasteiger partial charge in [-0.1, -0.05) is 53.5 Å². The molecule has 2 nitrogen and oxygen atoms in total. The number of rotatable bonds is 4. The van der Waals surface area contributed by atoms with Crippen molar-refractivity contribution in [3.8, 4) is 0 Å². The third-order valence-electron chi connectivity index (χ3n) is 2.96. The van der Waals surface area contributed by atoms with Crippen LogP contribution in [-0.4, -0.2) is 11.5 Å². The van der Waals surface area contributed by atoms with Gasteiger partial charge in [0.1, 0.15) is 5.15 Å². The van der Waals surface area contributed by atoms with Crippen molar-refractivity contribution in [1.29, 1.82) is 0 Å². The first-order valence-electron chi connectivity index (χ1n) is 6.30. The molecular weight excluding hydrogens is 324 g/mol. The summed E-state index contributed by atoms with van der Waals surface area (Å²) in [5, 5.41) is 6.60. The number of nitrogens with one attached hydrogen (secondary N) is 1. The van der Waals surface area contributed by atoms with Crippen molar-refractivity contribution in [2.45, 2.75) is 19.8 Å². The highest BCUT2D eigenvalue weighted by Gasteiger charge is 2.02. The Morgan fingerprint density at radius 2 is 2.26 bits per heavy atom. The summed E-state index contributed by atoms with van der Waals surface area (Å²) in [6.45, 7) is 7.14. The van der Waals surface area contributed by atoms with Gasteiger partial charge >= 0.3 is 0 Å². The smallest absolute Gasteiger partial charge is 0.137 e. The predicted octanol–water partition coefficient (Wildman–Crippen LogP) is 3.19. The molecule has 1 N–H and O–H groups in total. The van der Waals surface area contributed by atoms with Crippen molar-refractivity contribution >= 4 is 51.2 Å². The fourth-order valence-corrected chi connectivity index (χ4v) is 2.43. The van der Waals surface area contributed by atoms with E-state index < -0.39 is 0 Å². The van der Waals surface area contributed by atoms with Crippen molar-refractivity contribution in [2.75, 3.05) is 6.54 Å². The van der Waals surface area contributed by atoms with Crippen LogP contribution in [0, 0.1) is 0 Å². The Morgan fingerprint density at radius 3 is 3.00 bits per heavy atom. The lowest BCUT2D eigenvalue weighted by molar-refractivity contribution is 0.752. The molecule has 0 amide bonds. The van der Waals surface area contributed by atoms with Crippen LogP contribution in [0.15, 0.2) is 22.7 Å². The standard InChI is InChI=1S/C15H16BrClN2/c1-3-4-7-18-9-13-10(2)15(17)19-14-8-11(16)5-6-12(13)14/h5-6,8-9,18H,2-4,7H2,1H3/b13-9+. The summed E-state index contributed by atoms with van der Waals surface area (Å²) < 4.78 is 0.991. The molecule has 0 spiro atoms. The lowest BCUT2D eigenvalue weighted by Gasteiger charge is -2.04. The molecule has 0 saturated carbocycles. The molecule has 0 radical (unpaired) electrons. The van der Waals surface area contributed by atoms with Crippen molar-refractivity contribution in [3.63, 3.8) is 0 Å². The van der Waals surface area contributed by atoms with Gasteiger partial charge < -0.3 is 5.32 Å². The molecule has 0 atom stereocenters. The van der Waals surface area contributed by atoms with Gasteiger partial charge in [-0.2, -0.15) is 0 Å². The fourth-order valence-electron chi connectivity index (χ4n) is 1.89. The summed E-state index contributed by atoms with van der Waals surface area (Å²) >= 11 is 9.60. The second-order valence-electron chi connectivity index (χ2n) is 4.41. The number of hydrogen-bond donors (Lipinski definition) is 1. The van der Waals surface area contributed by atoms with E-state index in [0.29, 0.717) is 5.15 Å². The van der Waals surface area contributed by atoms with Crippen LogP contribution in [0.25, 0.3) is 23.7 Å². The molecular formula is C15H16BrClN2. The molecule has 1 heterocycles. The molecule has 0 saturated heterocycles. The average Bonchev–Trinajstić information content (AvgIpc) is 2.38. The predicted molar refractivity (Wildman–Crippen MR) is 86.6 cm³/mol. The van der Waals surface area contributed by atoms with Crippen molar-refractivity contribution in [2.24, 2.45) is 0 Å². The molecule has 0 aliphatic rings. The third kappa shape index (κ3) is 3.28. The van der Waals surface area contributed by atoms with Crippen LogP contribution in [0.4, 0.5) is 0 Å². The number of aromatic nitrogens is 1. The van der Waals surface area contributed by atoms with Gasteiger partial charge in [-0.3, -0.25) is 0 Å². The van der Waals surface area contributed by atoms with E-state index in [2.05, 4.69) is 39.7 Å². The minimum absolute atomic E-state index is 0.453. The Balaban J connectivity index is 2.57.